The Labute approximate surface area is 205 Å². The minimum atomic E-state index is -0.874. The number of carbonyl (C=O) groups is 4. The van der Waals surface area contributed by atoms with Crippen LogP contribution in [0.15, 0.2) is 60.7 Å². The van der Waals surface area contributed by atoms with Gasteiger partial charge in [0.15, 0.2) is 0 Å². The van der Waals surface area contributed by atoms with Crippen LogP contribution < -0.4 is 5.32 Å². The van der Waals surface area contributed by atoms with Crippen molar-refractivity contribution in [2.75, 3.05) is 13.7 Å². The highest BCUT2D eigenvalue weighted by Gasteiger charge is 2.34. The Hall–Kier alpha value is -4.40. The number of amides is 3. The fourth-order valence-corrected chi connectivity index (χ4v) is 4.05. The number of ether oxygens (including phenoxy) is 1. The molecule has 0 saturated heterocycles. The van der Waals surface area contributed by atoms with Gasteiger partial charge in [0.25, 0.3) is 11.8 Å². The van der Waals surface area contributed by atoms with Crippen LogP contribution in [0.25, 0.3) is 11.1 Å². The molecule has 1 N–H and O–H groups in total. The van der Waals surface area contributed by atoms with Gasteiger partial charge in [-0.3, -0.25) is 19.3 Å². The Balaban J connectivity index is 1.33. The molecule has 0 aromatic heterocycles. The first-order chi connectivity index (χ1) is 17.3. The van der Waals surface area contributed by atoms with Crippen molar-refractivity contribution in [2.45, 2.75) is 19.4 Å². The number of benzene rings is 3. The number of fused-ring (bicyclic) bond motifs is 1. The van der Waals surface area contributed by atoms with Crippen LogP contribution in [-0.4, -0.2) is 42.2 Å². The van der Waals surface area contributed by atoms with E-state index in [0.717, 1.165) is 24.1 Å². The van der Waals surface area contributed by atoms with Crippen molar-refractivity contribution < 1.29 is 32.7 Å². The van der Waals surface area contributed by atoms with E-state index in [1.165, 1.54) is 24.3 Å². The average Bonchev–Trinajstić information content (AvgIpc) is 3.12. The smallest absolute Gasteiger partial charge is 0.341 e. The number of rotatable bonds is 8. The molecule has 0 bridgehead atoms. The second-order valence-corrected chi connectivity index (χ2v) is 8.15. The second kappa shape index (κ2) is 10.5. The first-order valence-corrected chi connectivity index (χ1v) is 11.2. The molecule has 0 unspecified atom stereocenters. The fraction of sp³-hybridized carbons (Fsp3) is 0.185. The SMILES string of the molecule is COC(=O)c1c(F)cccc1-c1ccc(CNC(=O)CCCN2C(=O)c3ccccc3C2=O)c(F)c1. The molecule has 0 aliphatic carbocycles. The summed E-state index contributed by atoms with van der Waals surface area (Å²) in [6.45, 7) is 0.00393. The molecule has 0 fully saturated rings. The molecule has 0 saturated carbocycles. The molecule has 7 nitrogen and oxygen atoms in total. The van der Waals surface area contributed by atoms with E-state index in [1.54, 1.807) is 24.3 Å². The summed E-state index contributed by atoms with van der Waals surface area (Å²) in [6.07, 6.45) is 0.299. The number of esters is 1. The molecule has 0 radical (unpaired) electrons. The summed E-state index contributed by atoms with van der Waals surface area (Å²) < 4.78 is 33.6. The molecule has 0 atom stereocenters. The zero-order valence-electron chi connectivity index (χ0n) is 19.3. The predicted molar refractivity (Wildman–Crippen MR) is 126 cm³/mol. The highest BCUT2D eigenvalue weighted by molar-refractivity contribution is 6.21. The van der Waals surface area contributed by atoms with Gasteiger partial charge in [0.05, 0.1) is 18.2 Å². The van der Waals surface area contributed by atoms with Gasteiger partial charge in [-0.1, -0.05) is 36.4 Å². The van der Waals surface area contributed by atoms with Gasteiger partial charge in [0.2, 0.25) is 5.91 Å². The van der Waals surface area contributed by atoms with Gasteiger partial charge in [-0.2, -0.15) is 0 Å². The van der Waals surface area contributed by atoms with Gasteiger partial charge in [0, 0.05) is 25.1 Å². The zero-order chi connectivity index (χ0) is 25.8. The largest absolute Gasteiger partial charge is 0.465 e. The first kappa shape index (κ1) is 24.7. The van der Waals surface area contributed by atoms with E-state index in [-0.39, 0.29) is 65.9 Å². The van der Waals surface area contributed by atoms with E-state index in [0.29, 0.717) is 11.1 Å². The summed E-state index contributed by atoms with van der Waals surface area (Å²) in [5.41, 5.74) is 1.07. The fourth-order valence-electron chi connectivity index (χ4n) is 4.05. The maximum absolute atomic E-state index is 14.7. The molecule has 1 aliphatic rings. The van der Waals surface area contributed by atoms with Crippen molar-refractivity contribution in [1.29, 1.82) is 0 Å². The van der Waals surface area contributed by atoms with Crippen molar-refractivity contribution in [2.24, 2.45) is 0 Å². The van der Waals surface area contributed by atoms with Crippen molar-refractivity contribution in [1.82, 2.24) is 10.2 Å². The first-order valence-electron chi connectivity index (χ1n) is 11.2. The second-order valence-electron chi connectivity index (χ2n) is 8.15. The lowest BCUT2D eigenvalue weighted by molar-refractivity contribution is -0.121. The Kier molecular flexibility index (Phi) is 7.19. The lowest BCUT2D eigenvalue weighted by Crippen LogP contribution is -2.32. The number of halogens is 2. The third-order valence-electron chi connectivity index (χ3n) is 5.91. The van der Waals surface area contributed by atoms with Crippen molar-refractivity contribution in [3.05, 3.63) is 94.6 Å². The average molecular weight is 492 g/mol. The number of carbonyl (C=O) groups excluding carboxylic acids is 4. The molecule has 184 valence electrons. The van der Waals surface area contributed by atoms with Gasteiger partial charge < -0.3 is 10.1 Å². The summed E-state index contributed by atoms with van der Waals surface area (Å²) in [7, 11) is 1.13. The monoisotopic (exact) mass is 492 g/mol. The summed E-state index contributed by atoms with van der Waals surface area (Å²) in [6, 6.07) is 14.7. The van der Waals surface area contributed by atoms with Crippen LogP contribution >= 0.6 is 0 Å². The van der Waals surface area contributed by atoms with Crippen LogP contribution in [0.4, 0.5) is 8.78 Å². The molecule has 36 heavy (non-hydrogen) atoms. The maximum Gasteiger partial charge on any atom is 0.341 e. The highest BCUT2D eigenvalue weighted by Crippen LogP contribution is 2.28. The predicted octanol–water partition coefficient (Wildman–Crippen LogP) is 4.11. The maximum atomic E-state index is 14.7. The van der Waals surface area contributed by atoms with Gasteiger partial charge >= 0.3 is 5.97 Å². The number of hydrogen-bond acceptors (Lipinski definition) is 5. The summed E-state index contributed by atoms with van der Waals surface area (Å²) in [5, 5.41) is 2.61. The minimum absolute atomic E-state index is 0.0406. The van der Waals surface area contributed by atoms with E-state index in [4.69, 9.17) is 0 Å². The zero-order valence-corrected chi connectivity index (χ0v) is 19.3. The number of nitrogens with zero attached hydrogens (tertiary/aromatic N) is 1. The number of nitrogens with one attached hydrogen (secondary N) is 1. The van der Waals surface area contributed by atoms with E-state index in [1.807, 2.05) is 0 Å². The van der Waals surface area contributed by atoms with Crippen LogP contribution in [-0.2, 0) is 16.1 Å². The van der Waals surface area contributed by atoms with Crippen molar-refractivity contribution >= 4 is 23.7 Å². The lowest BCUT2D eigenvalue weighted by atomic mass is 9.98. The van der Waals surface area contributed by atoms with E-state index in [2.05, 4.69) is 10.1 Å². The lowest BCUT2D eigenvalue weighted by Gasteiger charge is -2.14. The normalized spacial score (nSPS) is 12.5. The van der Waals surface area contributed by atoms with E-state index >= 15 is 0 Å². The molecular formula is C27H22F2N2O5. The van der Waals surface area contributed by atoms with Gasteiger partial charge in [0.1, 0.15) is 17.2 Å². The van der Waals surface area contributed by atoms with Crippen LogP contribution in [0, 0.1) is 11.6 Å². The summed E-state index contributed by atoms with van der Waals surface area (Å²) in [4.78, 5) is 50.1. The van der Waals surface area contributed by atoms with Crippen LogP contribution in [0.5, 0.6) is 0 Å². The standard InChI is InChI=1S/C27H22F2N2O5/c1-36-27(35)24-18(8-4-9-21(24)28)16-11-12-17(22(29)14-16)15-30-23(32)10-5-13-31-25(33)19-6-2-3-7-20(19)26(31)34/h2-4,6-9,11-12,14H,5,10,13,15H2,1H3,(H,30,32). The topological polar surface area (TPSA) is 92.8 Å². The molecule has 0 spiro atoms. The molecule has 9 heteroatoms. The van der Waals surface area contributed by atoms with Crippen LogP contribution in [0.3, 0.4) is 0 Å². The van der Waals surface area contributed by atoms with Crippen molar-refractivity contribution in [3.63, 3.8) is 0 Å². The molecule has 3 aromatic carbocycles. The third-order valence-corrected chi connectivity index (χ3v) is 5.91. The van der Waals surface area contributed by atoms with Crippen LogP contribution in [0.1, 0.15) is 49.5 Å². The minimum Gasteiger partial charge on any atom is -0.465 e. The van der Waals surface area contributed by atoms with E-state index in [9.17, 15) is 28.0 Å². The molecule has 1 heterocycles. The quantitative estimate of drug-likeness (QED) is 0.377. The molecular weight excluding hydrogens is 470 g/mol. The van der Waals surface area contributed by atoms with Gasteiger partial charge in [-0.05, 0) is 41.8 Å². The Bertz CT molecular complexity index is 1340. The summed E-state index contributed by atoms with van der Waals surface area (Å²) in [5.74, 6) is -3.43. The molecule has 4 rings (SSSR count). The van der Waals surface area contributed by atoms with Gasteiger partial charge in [-0.15, -0.1) is 0 Å². The molecule has 1 aliphatic heterocycles. The number of methoxy groups -OCH3 is 1. The molecule has 3 amide bonds. The number of imide groups is 1. The Morgan fingerprint density at radius 3 is 2.19 bits per heavy atom. The highest BCUT2D eigenvalue weighted by atomic mass is 19.1. The molecule has 3 aromatic rings. The van der Waals surface area contributed by atoms with Gasteiger partial charge in [-0.25, -0.2) is 13.6 Å². The van der Waals surface area contributed by atoms with Crippen molar-refractivity contribution in [3.8, 4) is 11.1 Å². The third kappa shape index (κ3) is 4.86. The van der Waals surface area contributed by atoms with E-state index < -0.39 is 17.6 Å². The Morgan fingerprint density at radius 1 is 0.889 bits per heavy atom. The Morgan fingerprint density at radius 2 is 1.56 bits per heavy atom. The summed E-state index contributed by atoms with van der Waals surface area (Å²) >= 11 is 0. The number of hydrogen-bond donors (Lipinski definition) is 1. The van der Waals surface area contributed by atoms with Crippen LogP contribution in [0.2, 0.25) is 0 Å².